The Bertz CT molecular complexity index is 1220. The molecule has 0 unspecified atom stereocenters. The van der Waals surface area contributed by atoms with Crippen LogP contribution in [0.3, 0.4) is 0 Å². The zero-order valence-corrected chi connectivity index (χ0v) is 19.4. The monoisotopic (exact) mass is 475 g/mol. The fraction of sp³-hybridized carbons (Fsp3) is 0.308. The van der Waals surface area contributed by atoms with Crippen LogP contribution in [0.4, 0.5) is 11.6 Å². The molecule has 1 aromatic heterocycles. The molecule has 1 aliphatic rings. The van der Waals surface area contributed by atoms with Crippen molar-refractivity contribution in [1.29, 1.82) is 0 Å². The second-order valence-corrected chi connectivity index (χ2v) is 8.44. The van der Waals surface area contributed by atoms with Gasteiger partial charge in [0.1, 0.15) is 6.54 Å². The van der Waals surface area contributed by atoms with Gasteiger partial charge in [-0.2, -0.15) is 0 Å². The molecule has 0 bridgehead atoms. The summed E-state index contributed by atoms with van der Waals surface area (Å²) in [5, 5.41) is 15.4. The SMILES string of the molecule is O=C(O)CN1C(=O)CC=C(CC(=O)NCCCCCNc2nc3ccccc3[nH]2)c2ccccc21. The molecule has 0 saturated heterocycles. The zero-order chi connectivity index (χ0) is 24.6. The number of amides is 2. The summed E-state index contributed by atoms with van der Waals surface area (Å²) >= 11 is 0. The first-order valence-electron chi connectivity index (χ1n) is 11.8. The number of imidazole rings is 1. The minimum atomic E-state index is -1.08. The first-order chi connectivity index (χ1) is 17.0. The van der Waals surface area contributed by atoms with E-state index in [9.17, 15) is 19.5 Å². The number of hydrogen-bond donors (Lipinski definition) is 4. The quantitative estimate of drug-likeness (QED) is 0.314. The molecule has 9 heteroatoms. The summed E-state index contributed by atoms with van der Waals surface area (Å²) in [5.41, 5.74) is 3.90. The lowest BCUT2D eigenvalue weighted by Crippen LogP contribution is -2.35. The van der Waals surface area contributed by atoms with Gasteiger partial charge >= 0.3 is 5.97 Å². The molecule has 2 heterocycles. The third-order valence-electron chi connectivity index (χ3n) is 5.87. The van der Waals surface area contributed by atoms with E-state index >= 15 is 0 Å². The summed E-state index contributed by atoms with van der Waals surface area (Å²) in [5.74, 6) is -0.740. The zero-order valence-electron chi connectivity index (χ0n) is 19.4. The van der Waals surface area contributed by atoms with Crippen molar-refractivity contribution >= 4 is 46.0 Å². The number of unbranched alkanes of at least 4 members (excludes halogenated alkanes) is 2. The number of para-hydroxylation sites is 3. The van der Waals surface area contributed by atoms with Gasteiger partial charge in [-0.3, -0.25) is 14.4 Å². The highest BCUT2D eigenvalue weighted by atomic mass is 16.4. The van der Waals surface area contributed by atoms with Crippen LogP contribution in [0.2, 0.25) is 0 Å². The number of aromatic amines is 1. The highest BCUT2D eigenvalue weighted by molar-refractivity contribution is 6.04. The van der Waals surface area contributed by atoms with Crippen molar-refractivity contribution in [3.8, 4) is 0 Å². The molecule has 2 amide bonds. The number of benzene rings is 2. The van der Waals surface area contributed by atoms with Crippen molar-refractivity contribution in [3.05, 3.63) is 60.2 Å². The number of carboxylic acid groups (broad SMARTS) is 1. The van der Waals surface area contributed by atoms with Crippen LogP contribution in [0, 0.1) is 0 Å². The minimum Gasteiger partial charge on any atom is -0.480 e. The molecule has 35 heavy (non-hydrogen) atoms. The highest BCUT2D eigenvalue weighted by Crippen LogP contribution is 2.32. The summed E-state index contributed by atoms with van der Waals surface area (Å²) in [6.07, 6.45) is 4.69. The molecule has 0 atom stereocenters. The maximum Gasteiger partial charge on any atom is 0.323 e. The van der Waals surface area contributed by atoms with Gasteiger partial charge in [0.15, 0.2) is 0 Å². The number of rotatable bonds is 11. The van der Waals surface area contributed by atoms with Gasteiger partial charge in [0.25, 0.3) is 0 Å². The maximum atomic E-state index is 12.6. The predicted octanol–water partition coefficient (Wildman–Crippen LogP) is 3.56. The number of H-pyrrole nitrogens is 1. The molecule has 0 fully saturated rings. The van der Waals surface area contributed by atoms with E-state index in [0.29, 0.717) is 17.8 Å². The van der Waals surface area contributed by atoms with Crippen LogP contribution in [0.1, 0.15) is 37.7 Å². The summed E-state index contributed by atoms with van der Waals surface area (Å²) < 4.78 is 0. The Morgan fingerprint density at radius 1 is 1.03 bits per heavy atom. The molecule has 182 valence electrons. The smallest absolute Gasteiger partial charge is 0.323 e. The van der Waals surface area contributed by atoms with Gasteiger partial charge in [-0.15, -0.1) is 0 Å². The molecular formula is C26H29N5O4. The van der Waals surface area contributed by atoms with Gasteiger partial charge in [-0.1, -0.05) is 36.4 Å². The van der Waals surface area contributed by atoms with Crippen LogP contribution in [0.15, 0.2) is 54.6 Å². The Morgan fingerprint density at radius 2 is 1.80 bits per heavy atom. The van der Waals surface area contributed by atoms with Crippen molar-refractivity contribution in [2.75, 3.05) is 29.9 Å². The number of carbonyl (C=O) groups excluding carboxylic acids is 2. The molecule has 2 aromatic carbocycles. The van der Waals surface area contributed by atoms with E-state index in [2.05, 4.69) is 20.6 Å². The van der Waals surface area contributed by atoms with Crippen molar-refractivity contribution in [2.45, 2.75) is 32.1 Å². The normalized spacial score (nSPS) is 13.2. The van der Waals surface area contributed by atoms with Gasteiger partial charge < -0.3 is 25.6 Å². The average Bonchev–Trinajstić information content (AvgIpc) is 3.22. The Balaban J connectivity index is 1.21. The molecule has 3 aromatic rings. The number of fused-ring (bicyclic) bond motifs is 2. The molecule has 0 saturated carbocycles. The minimum absolute atomic E-state index is 0.0583. The highest BCUT2D eigenvalue weighted by Gasteiger charge is 2.25. The van der Waals surface area contributed by atoms with Crippen LogP contribution in [-0.4, -0.2) is 52.5 Å². The molecule has 0 spiro atoms. The first kappa shape index (κ1) is 24.0. The van der Waals surface area contributed by atoms with E-state index in [1.54, 1.807) is 18.2 Å². The molecular weight excluding hydrogens is 446 g/mol. The standard InChI is InChI=1S/C26H29N5O4/c32-23(27-14-6-1-7-15-28-26-29-20-9-3-4-10-21(20)30-26)16-18-12-13-24(33)31(17-25(34)35)22-11-5-2-8-19(18)22/h2-5,8-12H,1,6-7,13-17H2,(H,27,32)(H,34,35)(H2,28,29,30). The third kappa shape index (κ3) is 6.26. The fourth-order valence-corrected chi connectivity index (χ4v) is 4.15. The largest absolute Gasteiger partial charge is 0.480 e. The summed E-state index contributed by atoms with van der Waals surface area (Å²) in [6.45, 7) is 0.954. The van der Waals surface area contributed by atoms with Crippen LogP contribution >= 0.6 is 0 Å². The first-order valence-corrected chi connectivity index (χ1v) is 11.8. The van der Waals surface area contributed by atoms with E-state index < -0.39 is 12.5 Å². The van der Waals surface area contributed by atoms with Gasteiger partial charge in [-0.05, 0) is 43.0 Å². The molecule has 4 rings (SSSR count). The van der Waals surface area contributed by atoms with E-state index in [0.717, 1.165) is 48.4 Å². The number of carboxylic acids is 1. The number of nitrogens with one attached hydrogen (secondary N) is 3. The summed E-state index contributed by atoms with van der Waals surface area (Å²) in [7, 11) is 0. The Morgan fingerprint density at radius 3 is 2.63 bits per heavy atom. The van der Waals surface area contributed by atoms with E-state index in [1.165, 1.54) is 4.90 Å². The number of aromatic nitrogens is 2. The predicted molar refractivity (Wildman–Crippen MR) is 135 cm³/mol. The number of aliphatic carboxylic acids is 1. The molecule has 0 aliphatic carbocycles. The lowest BCUT2D eigenvalue weighted by Gasteiger charge is -2.21. The molecule has 1 aliphatic heterocycles. The van der Waals surface area contributed by atoms with Gasteiger partial charge in [0.2, 0.25) is 17.8 Å². The average molecular weight is 476 g/mol. The molecule has 9 nitrogen and oxygen atoms in total. The van der Waals surface area contributed by atoms with Crippen molar-refractivity contribution < 1.29 is 19.5 Å². The lowest BCUT2D eigenvalue weighted by molar-refractivity contribution is -0.136. The fourth-order valence-electron chi connectivity index (χ4n) is 4.15. The summed E-state index contributed by atoms with van der Waals surface area (Å²) in [6, 6.07) is 15.0. The maximum absolute atomic E-state index is 12.6. The lowest BCUT2D eigenvalue weighted by atomic mass is 10.00. The Labute approximate surface area is 203 Å². The van der Waals surface area contributed by atoms with Crippen LogP contribution in [0.5, 0.6) is 0 Å². The van der Waals surface area contributed by atoms with E-state index in [-0.39, 0.29) is 24.7 Å². The van der Waals surface area contributed by atoms with Crippen LogP contribution < -0.4 is 15.5 Å². The Hall–Kier alpha value is -4.14. The topological polar surface area (TPSA) is 127 Å². The van der Waals surface area contributed by atoms with Crippen LogP contribution in [0.25, 0.3) is 16.6 Å². The number of nitrogens with zero attached hydrogens (tertiary/aromatic N) is 2. The second-order valence-electron chi connectivity index (χ2n) is 8.44. The summed E-state index contributed by atoms with van der Waals surface area (Å²) in [4.78, 5) is 45.3. The van der Waals surface area contributed by atoms with Crippen LogP contribution in [-0.2, 0) is 14.4 Å². The van der Waals surface area contributed by atoms with E-state index in [1.807, 2.05) is 36.4 Å². The second kappa shape index (κ2) is 11.3. The van der Waals surface area contributed by atoms with Gasteiger partial charge in [0, 0.05) is 25.1 Å². The molecule has 4 N–H and O–H groups in total. The van der Waals surface area contributed by atoms with Crippen molar-refractivity contribution in [3.63, 3.8) is 0 Å². The van der Waals surface area contributed by atoms with Crippen molar-refractivity contribution in [2.24, 2.45) is 0 Å². The van der Waals surface area contributed by atoms with E-state index in [4.69, 9.17) is 0 Å². The van der Waals surface area contributed by atoms with Gasteiger partial charge in [-0.25, -0.2) is 4.98 Å². The van der Waals surface area contributed by atoms with Gasteiger partial charge in [0.05, 0.1) is 23.1 Å². The number of hydrogen-bond acceptors (Lipinski definition) is 5. The molecule has 0 radical (unpaired) electrons. The number of carbonyl (C=O) groups is 3. The third-order valence-corrected chi connectivity index (χ3v) is 5.87. The van der Waals surface area contributed by atoms with Crippen molar-refractivity contribution in [1.82, 2.24) is 15.3 Å². The number of anilines is 2. The Kier molecular flexibility index (Phi) is 7.77.